The van der Waals surface area contributed by atoms with Crippen LogP contribution in [0.4, 0.5) is 11.5 Å². The van der Waals surface area contributed by atoms with Crippen LogP contribution in [0, 0.1) is 6.92 Å². The fourth-order valence-corrected chi connectivity index (χ4v) is 2.91. The van der Waals surface area contributed by atoms with E-state index in [-0.39, 0.29) is 11.6 Å². The number of ether oxygens (including phenoxy) is 1. The van der Waals surface area contributed by atoms with Gasteiger partial charge in [0.25, 0.3) is 0 Å². The summed E-state index contributed by atoms with van der Waals surface area (Å²) < 4.78 is 5.73. The van der Waals surface area contributed by atoms with Crippen molar-refractivity contribution in [2.45, 2.75) is 6.92 Å². The topological polar surface area (TPSA) is 101 Å². The second kappa shape index (κ2) is 7.51. The van der Waals surface area contributed by atoms with E-state index in [0.717, 1.165) is 28.6 Å². The molecule has 0 saturated heterocycles. The number of hydrogen-bond donors (Lipinski definition) is 1. The van der Waals surface area contributed by atoms with Crippen LogP contribution in [-0.2, 0) is 0 Å². The molecule has 2 heterocycles. The Balaban J connectivity index is 1.64. The molecule has 8 nitrogen and oxygen atoms in total. The summed E-state index contributed by atoms with van der Waals surface area (Å²) >= 11 is 0. The van der Waals surface area contributed by atoms with E-state index in [1.54, 1.807) is 6.07 Å². The zero-order chi connectivity index (χ0) is 20.4. The van der Waals surface area contributed by atoms with Crippen LogP contribution < -0.4 is 9.64 Å². The molecule has 0 bridgehead atoms. The third kappa shape index (κ3) is 3.81. The van der Waals surface area contributed by atoms with Gasteiger partial charge in [0, 0.05) is 24.2 Å². The first-order valence-electron chi connectivity index (χ1n) is 8.81. The van der Waals surface area contributed by atoms with Gasteiger partial charge in [-0.1, -0.05) is 18.2 Å². The van der Waals surface area contributed by atoms with Gasteiger partial charge in [-0.15, -0.1) is 0 Å². The maximum Gasteiger partial charge on any atom is 0.356 e. The number of carboxylic acid groups (broad SMARTS) is 1. The second-order valence-electron chi connectivity index (χ2n) is 6.32. The summed E-state index contributed by atoms with van der Waals surface area (Å²) in [5, 5.41) is 9.85. The summed E-state index contributed by atoms with van der Waals surface area (Å²) in [5.74, 6) is 1.09. The molecule has 0 radical (unpaired) electrons. The molecule has 0 atom stereocenters. The first-order chi connectivity index (χ1) is 14.0. The van der Waals surface area contributed by atoms with Crippen LogP contribution in [0.5, 0.6) is 11.6 Å². The molecular formula is C21H17N5O3. The zero-order valence-electron chi connectivity index (χ0n) is 15.8. The lowest BCUT2D eigenvalue weighted by molar-refractivity contribution is 0.0690. The molecule has 0 aliphatic carbocycles. The molecule has 144 valence electrons. The summed E-state index contributed by atoms with van der Waals surface area (Å²) in [6, 6.07) is 15.3. The molecule has 0 saturated carbocycles. The van der Waals surface area contributed by atoms with Gasteiger partial charge in [0.1, 0.15) is 17.4 Å². The molecule has 2 aromatic carbocycles. The van der Waals surface area contributed by atoms with Crippen LogP contribution in [0.2, 0.25) is 0 Å². The highest BCUT2D eigenvalue weighted by atomic mass is 16.5. The molecule has 0 amide bonds. The highest BCUT2D eigenvalue weighted by molar-refractivity contribution is 5.91. The lowest BCUT2D eigenvalue weighted by atomic mass is 10.2. The summed E-state index contributed by atoms with van der Waals surface area (Å²) in [7, 11) is 1.93. The lowest BCUT2D eigenvalue weighted by Gasteiger charge is -2.21. The monoisotopic (exact) mass is 387 g/mol. The van der Waals surface area contributed by atoms with Gasteiger partial charge in [0.2, 0.25) is 5.88 Å². The molecule has 2 aromatic heterocycles. The number of rotatable bonds is 5. The van der Waals surface area contributed by atoms with Gasteiger partial charge < -0.3 is 14.7 Å². The van der Waals surface area contributed by atoms with Crippen LogP contribution in [0.15, 0.2) is 60.9 Å². The average Bonchev–Trinajstić information content (AvgIpc) is 2.73. The number of benzene rings is 2. The average molecular weight is 387 g/mol. The Kier molecular flexibility index (Phi) is 4.74. The number of hydrogen-bond acceptors (Lipinski definition) is 7. The van der Waals surface area contributed by atoms with Crippen molar-refractivity contribution < 1.29 is 14.6 Å². The quantitative estimate of drug-likeness (QED) is 0.549. The van der Waals surface area contributed by atoms with Gasteiger partial charge in [-0.05, 0) is 31.2 Å². The van der Waals surface area contributed by atoms with E-state index >= 15 is 0 Å². The standard InChI is InChI=1S/C21H17N5O3/c1-13-24-17-9-4-3-8-16(17)20(25-13)26(2)14-6-5-7-15(10-14)29-19-12-22-18(11-23-19)21(27)28/h3-12H,1-2H3,(H,27,28). The number of aromatic carboxylic acids is 1. The van der Waals surface area contributed by atoms with Crippen LogP contribution in [-0.4, -0.2) is 38.1 Å². The predicted octanol–water partition coefficient (Wildman–Crippen LogP) is 3.99. The highest BCUT2D eigenvalue weighted by Crippen LogP contribution is 2.31. The minimum Gasteiger partial charge on any atom is -0.476 e. The van der Waals surface area contributed by atoms with Gasteiger partial charge in [0.15, 0.2) is 5.69 Å². The Bertz CT molecular complexity index is 1190. The van der Waals surface area contributed by atoms with E-state index in [9.17, 15) is 4.79 Å². The molecule has 4 aromatic rings. The predicted molar refractivity (Wildman–Crippen MR) is 108 cm³/mol. The van der Waals surface area contributed by atoms with Gasteiger partial charge in [-0.2, -0.15) is 0 Å². The molecule has 4 rings (SSSR count). The summed E-state index contributed by atoms with van der Waals surface area (Å²) in [5.41, 5.74) is 1.60. The summed E-state index contributed by atoms with van der Waals surface area (Å²) in [6.45, 7) is 1.86. The number of nitrogens with zero attached hydrogens (tertiary/aromatic N) is 5. The van der Waals surface area contributed by atoms with Crippen molar-refractivity contribution in [2.24, 2.45) is 0 Å². The number of carbonyl (C=O) groups is 1. The van der Waals surface area contributed by atoms with Gasteiger partial charge in [-0.25, -0.2) is 24.7 Å². The molecule has 0 spiro atoms. The van der Waals surface area contributed by atoms with Crippen molar-refractivity contribution in [1.82, 2.24) is 19.9 Å². The molecule has 0 unspecified atom stereocenters. The number of fused-ring (bicyclic) bond motifs is 1. The van der Waals surface area contributed by atoms with Gasteiger partial charge >= 0.3 is 5.97 Å². The Hall–Kier alpha value is -4.07. The third-order valence-electron chi connectivity index (χ3n) is 4.29. The fourth-order valence-electron chi connectivity index (χ4n) is 2.91. The lowest BCUT2D eigenvalue weighted by Crippen LogP contribution is -2.13. The number of para-hydroxylation sites is 1. The van der Waals surface area contributed by atoms with Crippen molar-refractivity contribution in [3.8, 4) is 11.6 Å². The van der Waals surface area contributed by atoms with Crippen molar-refractivity contribution in [3.63, 3.8) is 0 Å². The Morgan fingerprint density at radius 1 is 1.03 bits per heavy atom. The number of aryl methyl sites for hydroxylation is 1. The number of anilines is 2. The molecule has 29 heavy (non-hydrogen) atoms. The molecule has 0 aliphatic heterocycles. The first-order valence-corrected chi connectivity index (χ1v) is 8.81. The Morgan fingerprint density at radius 3 is 2.62 bits per heavy atom. The number of aromatic nitrogens is 4. The Morgan fingerprint density at radius 2 is 1.86 bits per heavy atom. The molecule has 1 N–H and O–H groups in total. The van der Waals surface area contributed by atoms with Crippen LogP contribution >= 0.6 is 0 Å². The van der Waals surface area contributed by atoms with E-state index in [1.165, 1.54) is 6.20 Å². The van der Waals surface area contributed by atoms with Crippen LogP contribution in [0.25, 0.3) is 10.9 Å². The SMILES string of the molecule is Cc1nc(N(C)c2cccc(Oc3cnc(C(=O)O)cn3)c2)c2ccccc2n1. The van der Waals surface area contributed by atoms with E-state index in [0.29, 0.717) is 11.6 Å². The highest BCUT2D eigenvalue weighted by Gasteiger charge is 2.13. The van der Waals surface area contributed by atoms with E-state index in [2.05, 4.69) is 19.9 Å². The van der Waals surface area contributed by atoms with Crippen molar-refractivity contribution >= 4 is 28.4 Å². The van der Waals surface area contributed by atoms with E-state index < -0.39 is 5.97 Å². The maximum atomic E-state index is 10.9. The number of carboxylic acids is 1. The van der Waals surface area contributed by atoms with Crippen LogP contribution in [0.3, 0.4) is 0 Å². The van der Waals surface area contributed by atoms with Crippen molar-refractivity contribution in [1.29, 1.82) is 0 Å². The summed E-state index contributed by atoms with van der Waals surface area (Å²) in [6.07, 6.45) is 2.44. The van der Waals surface area contributed by atoms with E-state index in [1.807, 2.05) is 61.3 Å². The smallest absolute Gasteiger partial charge is 0.356 e. The van der Waals surface area contributed by atoms with Gasteiger partial charge in [-0.3, -0.25) is 0 Å². The van der Waals surface area contributed by atoms with Gasteiger partial charge in [0.05, 0.1) is 17.9 Å². The minimum absolute atomic E-state index is 0.142. The van der Waals surface area contributed by atoms with Crippen molar-refractivity contribution in [3.05, 3.63) is 72.4 Å². The normalized spacial score (nSPS) is 10.7. The minimum atomic E-state index is -1.14. The molecule has 8 heteroatoms. The van der Waals surface area contributed by atoms with E-state index in [4.69, 9.17) is 9.84 Å². The largest absolute Gasteiger partial charge is 0.476 e. The third-order valence-corrected chi connectivity index (χ3v) is 4.29. The second-order valence-corrected chi connectivity index (χ2v) is 6.32. The van der Waals surface area contributed by atoms with Crippen LogP contribution in [0.1, 0.15) is 16.3 Å². The maximum absolute atomic E-state index is 10.9. The first kappa shape index (κ1) is 18.3. The summed E-state index contributed by atoms with van der Waals surface area (Å²) in [4.78, 5) is 29.7. The molecule has 0 fully saturated rings. The fraction of sp³-hybridized carbons (Fsp3) is 0.0952. The molecular weight excluding hydrogens is 370 g/mol. The van der Waals surface area contributed by atoms with Crippen molar-refractivity contribution in [2.75, 3.05) is 11.9 Å². The zero-order valence-corrected chi connectivity index (χ0v) is 15.8. The molecule has 0 aliphatic rings. The Labute approximate surface area is 166 Å².